The normalized spacial score (nSPS) is 22.4. The van der Waals surface area contributed by atoms with Gasteiger partial charge in [0.1, 0.15) is 11.7 Å². The zero-order chi connectivity index (χ0) is 13.2. The molecule has 1 heterocycles. The fourth-order valence-corrected chi connectivity index (χ4v) is 1.94. The van der Waals surface area contributed by atoms with Gasteiger partial charge in [0.2, 0.25) is 0 Å². The summed E-state index contributed by atoms with van der Waals surface area (Å²) in [4.78, 5) is 24.5. The second-order valence-corrected chi connectivity index (χ2v) is 5.44. The summed E-state index contributed by atoms with van der Waals surface area (Å²) in [5.41, 5.74) is -0.564. The summed E-state index contributed by atoms with van der Waals surface area (Å²) in [7, 11) is 0. The van der Waals surface area contributed by atoms with E-state index in [4.69, 9.17) is 4.74 Å². The molecule has 1 amide bonds. The molecule has 5 nitrogen and oxygen atoms in total. The van der Waals surface area contributed by atoms with E-state index in [0.29, 0.717) is 13.0 Å². The van der Waals surface area contributed by atoms with Crippen molar-refractivity contribution < 1.29 is 19.4 Å². The average molecular weight is 243 g/mol. The van der Waals surface area contributed by atoms with Gasteiger partial charge in [-0.1, -0.05) is 0 Å². The third kappa shape index (κ3) is 3.70. The van der Waals surface area contributed by atoms with Crippen molar-refractivity contribution >= 4 is 11.9 Å². The first-order chi connectivity index (χ1) is 7.72. The van der Waals surface area contributed by atoms with E-state index < -0.39 is 23.8 Å². The standard InChI is InChI=1S/C12H21NO4/c1-8(14)10(15)9-6-5-7-13(9)11(16)17-12(2,3)4/h9-10,15H,5-7H2,1-4H3. The quantitative estimate of drug-likeness (QED) is 0.794. The van der Waals surface area contributed by atoms with Gasteiger partial charge in [-0.3, -0.25) is 4.79 Å². The highest BCUT2D eigenvalue weighted by Gasteiger charge is 2.37. The van der Waals surface area contributed by atoms with Crippen molar-refractivity contribution in [1.29, 1.82) is 0 Å². The van der Waals surface area contributed by atoms with Crippen molar-refractivity contribution in [2.75, 3.05) is 6.54 Å². The zero-order valence-electron chi connectivity index (χ0n) is 10.9. The molecule has 0 bridgehead atoms. The van der Waals surface area contributed by atoms with Gasteiger partial charge in [-0.15, -0.1) is 0 Å². The maximum absolute atomic E-state index is 11.9. The van der Waals surface area contributed by atoms with Crippen molar-refractivity contribution in [2.24, 2.45) is 0 Å². The lowest BCUT2D eigenvalue weighted by molar-refractivity contribution is -0.127. The number of Topliss-reactive ketones (excluding diaryl/α,β-unsaturated/α-hetero) is 1. The fourth-order valence-electron chi connectivity index (χ4n) is 1.94. The molecule has 1 N–H and O–H groups in total. The molecule has 1 aliphatic heterocycles. The molecule has 1 aliphatic rings. The van der Waals surface area contributed by atoms with Gasteiger partial charge < -0.3 is 14.7 Å². The van der Waals surface area contributed by atoms with Crippen molar-refractivity contribution in [3.05, 3.63) is 0 Å². The summed E-state index contributed by atoms with van der Waals surface area (Å²) in [5.74, 6) is -0.314. The number of aliphatic hydroxyl groups excluding tert-OH is 1. The number of hydrogen-bond donors (Lipinski definition) is 1. The first kappa shape index (κ1) is 14.0. The number of nitrogens with zero attached hydrogens (tertiary/aromatic N) is 1. The van der Waals surface area contributed by atoms with E-state index in [0.717, 1.165) is 6.42 Å². The first-order valence-corrected chi connectivity index (χ1v) is 5.90. The van der Waals surface area contributed by atoms with Crippen LogP contribution in [0.1, 0.15) is 40.5 Å². The SMILES string of the molecule is CC(=O)C(O)C1CCCN1C(=O)OC(C)(C)C. The Labute approximate surface area is 102 Å². The van der Waals surface area contributed by atoms with Gasteiger partial charge in [0.05, 0.1) is 6.04 Å². The van der Waals surface area contributed by atoms with E-state index in [1.807, 2.05) is 0 Å². The number of amides is 1. The third-order valence-electron chi connectivity index (χ3n) is 2.71. The summed E-state index contributed by atoms with van der Waals surface area (Å²) in [6.45, 7) is 7.23. The highest BCUT2D eigenvalue weighted by atomic mass is 16.6. The molecule has 2 atom stereocenters. The van der Waals surface area contributed by atoms with E-state index in [-0.39, 0.29) is 5.78 Å². The molecule has 0 aromatic heterocycles. The van der Waals surface area contributed by atoms with Gasteiger partial charge in [-0.05, 0) is 40.5 Å². The minimum Gasteiger partial charge on any atom is -0.444 e. The molecule has 1 fully saturated rings. The Morgan fingerprint density at radius 2 is 2.00 bits per heavy atom. The second-order valence-electron chi connectivity index (χ2n) is 5.44. The van der Waals surface area contributed by atoms with Crippen LogP contribution < -0.4 is 0 Å². The average Bonchev–Trinajstić information content (AvgIpc) is 2.61. The molecule has 1 saturated heterocycles. The summed E-state index contributed by atoms with van der Waals surface area (Å²) >= 11 is 0. The smallest absolute Gasteiger partial charge is 0.410 e. The lowest BCUT2D eigenvalue weighted by Gasteiger charge is -2.30. The first-order valence-electron chi connectivity index (χ1n) is 5.90. The Hall–Kier alpha value is -1.10. The highest BCUT2D eigenvalue weighted by molar-refractivity contribution is 5.82. The van der Waals surface area contributed by atoms with E-state index >= 15 is 0 Å². The van der Waals surface area contributed by atoms with E-state index in [1.165, 1.54) is 11.8 Å². The van der Waals surface area contributed by atoms with Crippen LogP contribution in [0, 0.1) is 0 Å². The van der Waals surface area contributed by atoms with Gasteiger partial charge in [0.25, 0.3) is 0 Å². The fraction of sp³-hybridized carbons (Fsp3) is 0.833. The van der Waals surface area contributed by atoms with Crippen molar-refractivity contribution in [2.45, 2.75) is 58.3 Å². The molecule has 0 spiro atoms. The van der Waals surface area contributed by atoms with Crippen LogP contribution in [0.15, 0.2) is 0 Å². The molecule has 0 aromatic carbocycles. The zero-order valence-corrected chi connectivity index (χ0v) is 10.9. The van der Waals surface area contributed by atoms with Gasteiger partial charge in [0.15, 0.2) is 5.78 Å². The molecule has 5 heteroatoms. The molecule has 98 valence electrons. The summed E-state index contributed by atoms with van der Waals surface area (Å²) in [6.07, 6.45) is -0.140. The monoisotopic (exact) mass is 243 g/mol. The van der Waals surface area contributed by atoms with Crippen LogP contribution in [0.4, 0.5) is 4.79 Å². The second kappa shape index (κ2) is 5.04. The summed E-state index contributed by atoms with van der Waals surface area (Å²) < 4.78 is 5.25. The number of carbonyl (C=O) groups excluding carboxylic acids is 2. The molecule has 0 aliphatic carbocycles. The van der Waals surface area contributed by atoms with Crippen molar-refractivity contribution in [3.63, 3.8) is 0 Å². The predicted molar refractivity (Wildman–Crippen MR) is 62.6 cm³/mol. The number of hydrogen-bond acceptors (Lipinski definition) is 4. The number of ether oxygens (including phenoxy) is 1. The van der Waals surface area contributed by atoms with Crippen LogP contribution >= 0.6 is 0 Å². The molecular formula is C12H21NO4. The molecule has 1 rings (SSSR count). The van der Waals surface area contributed by atoms with Crippen LogP contribution in [-0.2, 0) is 9.53 Å². The lowest BCUT2D eigenvalue weighted by atomic mass is 10.1. The van der Waals surface area contributed by atoms with Crippen molar-refractivity contribution in [1.82, 2.24) is 4.90 Å². The highest BCUT2D eigenvalue weighted by Crippen LogP contribution is 2.23. The number of aliphatic hydroxyl groups is 1. The van der Waals surface area contributed by atoms with Gasteiger partial charge in [-0.25, -0.2) is 4.79 Å². The number of likely N-dealkylation sites (tertiary alicyclic amines) is 1. The van der Waals surface area contributed by atoms with Crippen LogP contribution in [0.3, 0.4) is 0 Å². The Kier molecular flexibility index (Phi) is 4.14. The Bertz CT molecular complexity index is 308. The van der Waals surface area contributed by atoms with Crippen LogP contribution in [0.25, 0.3) is 0 Å². The Morgan fingerprint density at radius 3 is 2.47 bits per heavy atom. The van der Waals surface area contributed by atoms with Gasteiger partial charge in [-0.2, -0.15) is 0 Å². The van der Waals surface area contributed by atoms with E-state index in [1.54, 1.807) is 20.8 Å². The molecule has 2 unspecified atom stereocenters. The lowest BCUT2D eigenvalue weighted by Crippen LogP contribution is -2.47. The summed E-state index contributed by atoms with van der Waals surface area (Å²) in [6, 6.07) is -0.442. The number of ketones is 1. The van der Waals surface area contributed by atoms with Crippen molar-refractivity contribution in [3.8, 4) is 0 Å². The number of rotatable bonds is 2. The summed E-state index contributed by atoms with van der Waals surface area (Å²) in [5, 5.41) is 9.74. The molecule has 0 aromatic rings. The van der Waals surface area contributed by atoms with Crippen LogP contribution in [0.2, 0.25) is 0 Å². The molecule has 0 saturated carbocycles. The van der Waals surface area contributed by atoms with E-state index in [2.05, 4.69) is 0 Å². The maximum Gasteiger partial charge on any atom is 0.410 e. The maximum atomic E-state index is 11.9. The largest absolute Gasteiger partial charge is 0.444 e. The molecular weight excluding hydrogens is 222 g/mol. The van der Waals surface area contributed by atoms with E-state index in [9.17, 15) is 14.7 Å². The number of carbonyl (C=O) groups is 2. The topological polar surface area (TPSA) is 66.8 Å². The minimum absolute atomic E-state index is 0.314. The van der Waals surface area contributed by atoms with Gasteiger partial charge >= 0.3 is 6.09 Å². The molecule has 0 radical (unpaired) electrons. The Morgan fingerprint density at radius 1 is 1.41 bits per heavy atom. The predicted octanol–water partition coefficient (Wildman–Crippen LogP) is 1.34. The van der Waals surface area contributed by atoms with Crippen LogP contribution in [0.5, 0.6) is 0 Å². The third-order valence-corrected chi connectivity index (χ3v) is 2.71. The Balaban J connectivity index is 2.69. The molecule has 17 heavy (non-hydrogen) atoms. The van der Waals surface area contributed by atoms with Gasteiger partial charge in [0, 0.05) is 6.54 Å². The minimum atomic E-state index is -1.11. The van der Waals surface area contributed by atoms with Crippen LogP contribution in [-0.4, -0.2) is 46.2 Å².